The first kappa shape index (κ1) is 25.0. The zero-order chi connectivity index (χ0) is 20.7. The van der Waals surface area contributed by atoms with Gasteiger partial charge in [0, 0.05) is 6.42 Å². The number of hydrogen-bond acceptors (Lipinski definition) is 4. The Kier molecular flexibility index (Phi) is 13.3. The molecule has 4 nitrogen and oxygen atoms in total. The summed E-state index contributed by atoms with van der Waals surface area (Å²) in [5.41, 5.74) is 0. The summed E-state index contributed by atoms with van der Waals surface area (Å²) >= 11 is 5.24. The summed E-state index contributed by atoms with van der Waals surface area (Å²) in [5.74, 6) is 0.607. The van der Waals surface area contributed by atoms with Crippen molar-refractivity contribution in [3.8, 4) is 5.75 Å². The second-order valence-electron chi connectivity index (χ2n) is 7.28. The lowest BCUT2D eigenvalue weighted by Crippen LogP contribution is -2.08. The molecule has 6 heteroatoms. The van der Waals surface area contributed by atoms with Gasteiger partial charge in [0.1, 0.15) is 5.75 Å². The first-order valence-corrected chi connectivity index (χ1v) is 12.6. The summed E-state index contributed by atoms with van der Waals surface area (Å²) in [6, 6.07) is 6.50. The number of rotatable bonds is 17. The molecular weight excluding hydrogens is 396 g/mol. The summed E-state index contributed by atoms with van der Waals surface area (Å²) in [6.45, 7) is 2.90. The van der Waals surface area contributed by atoms with Crippen molar-refractivity contribution in [2.45, 2.75) is 88.9 Å². The molecule has 0 saturated heterocycles. The fourth-order valence-corrected chi connectivity index (χ4v) is 4.49. The van der Waals surface area contributed by atoms with E-state index in [1.807, 2.05) is 0 Å². The summed E-state index contributed by atoms with van der Waals surface area (Å²) in [6.07, 6.45) is 13.1. The predicted molar refractivity (Wildman–Crippen MR) is 116 cm³/mol. The topological polar surface area (TPSA) is 60.4 Å². The van der Waals surface area contributed by atoms with E-state index in [4.69, 9.17) is 16.3 Å². The normalized spacial score (nSPS) is 11.5. The largest absolute Gasteiger partial charge is 0.494 e. The molecule has 0 radical (unpaired) electrons. The molecule has 0 bridgehead atoms. The number of carbonyl (C=O) groups excluding carboxylic acids is 1. The Morgan fingerprint density at radius 2 is 1.39 bits per heavy atom. The number of hydrogen-bond donors (Lipinski definition) is 0. The van der Waals surface area contributed by atoms with E-state index in [1.165, 1.54) is 57.8 Å². The van der Waals surface area contributed by atoms with Gasteiger partial charge in [0.15, 0.2) is 9.84 Å². The van der Waals surface area contributed by atoms with Crippen molar-refractivity contribution in [2.75, 3.05) is 12.4 Å². The van der Waals surface area contributed by atoms with Crippen molar-refractivity contribution < 1.29 is 17.9 Å². The van der Waals surface area contributed by atoms with E-state index < -0.39 is 15.1 Å². The fraction of sp³-hybridized carbons (Fsp3) is 0.682. The molecule has 1 aromatic carbocycles. The lowest BCUT2D eigenvalue weighted by atomic mass is 10.1. The van der Waals surface area contributed by atoms with Gasteiger partial charge in [-0.3, -0.25) is 4.79 Å². The molecule has 0 amide bonds. The summed E-state index contributed by atoms with van der Waals surface area (Å²) in [7, 11) is -3.38. The van der Waals surface area contributed by atoms with Gasteiger partial charge < -0.3 is 4.74 Å². The maximum Gasteiger partial charge on any atom is 0.221 e. The highest BCUT2D eigenvalue weighted by Crippen LogP contribution is 2.19. The Hall–Kier alpha value is -1.07. The van der Waals surface area contributed by atoms with Gasteiger partial charge in [0.25, 0.3) is 0 Å². The van der Waals surface area contributed by atoms with Crippen LogP contribution in [0.15, 0.2) is 29.2 Å². The fourth-order valence-electron chi connectivity index (χ4n) is 3.04. The van der Waals surface area contributed by atoms with E-state index in [1.54, 1.807) is 24.3 Å². The van der Waals surface area contributed by atoms with Gasteiger partial charge in [-0.15, -0.1) is 0 Å². The Labute approximate surface area is 175 Å². The van der Waals surface area contributed by atoms with Crippen LogP contribution < -0.4 is 4.74 Å². The molecule has 0 aromatic heterocycles. The van der Waals surface area contributed by atoms with Gasteiger partial charge in [-0.1, -0.05) is 64.7 Å². The Morgan fingerprint density at radius 1 is 0.857 bits per heavy atom. The maximum absolute atomic E-state index is 12.2. The Balaban J connectivity index is 2.15. The SMILES string of the molecule is CCCCCCCCCCCCOc1ccc(S(=O)(=O)CCCC(=O)Cl)cc1. The van der Waals surface area contributed by atoms with E-state index in [9.17, 15) is 13.2 Å². The second-order valence-corrected chi connectivity index (χ2v) is 9.81. The van der Waals surface area contributed by atoms with Crippen molar-refractivity contribution >= 4 is 26.7 Å². The van der Waals surface area contributed by atoms with E-state index >= 15 is 0 Å². The minimum atomic E-state index is -3.38. The quantitative estimate of drug-likeness (QED) is 0.215. The Bertz CT molecular complexity index is 641. The number of sulfone groups is 1. The monoisotopic (exact) mass is 430 g/mol. The molecule has 0 aliphatic heterocycles. The van der Waals surface area contributed by atoms with Crippen LogP contribution in [0.1, 0.15) is 84.0 Å². The molecule has 0 aliphatic carbocycles. The third kappa shape index (κ3) is 11.7. The van der Waals surface area contributed by atoms with E-state index in [0.717, 1.165) is 6.42 Å². The molecule has 0 unspecified atom stereocenters. The molecule has 0 N–H and O–H groups in total. The van der Waals surface area contributed by atoms with Crippen molar-refractivity contribution in [3.05, 3.63) is 24.3 Å². The van der Waals surface area contributed by atoms with Crippen molar-refractivity contribution in [1.82, 2.24) is 0 Å². The van der Waals surface area contributed by atoms with E-state index in [0.29, 0.717) is 12.4 Å². The van der Waals surface area contributed by atoms with Crippen LogP contribution in [0, 0.1) is 0 Å². The lowest BCUT2D eigenvalue weighted by Gasteiger charge is -2.08. The molecule has 0 aliphatic rings. The van der Waals surface area contributed by atoms with Crippen LogP contribution in [0.25, 0.3) is 0 Å². The van der Waals surface area contributed by atoms with Crippen molar-refractivity contribution in [3.63, 3.8) is 0 Å². The first-order chi connectivity index (χ1) is 13.5. The van der Waals surface area contributed by atoms with Gasteiger partial charge in [-0.2, -0.15) is 0 Å². The van der Waals surface area contributed by atoms with Crippen LogP contribution in [0.3, 0.4) is 0 Å². The lowest BCUT2D eigenvalue weighted by molar-refractivity contribution is -0.111. The van der Waals surface area contributed by atoms with Crippen LogP contribution in [0.2, 0.25) is 0 Å². The zero-order valence-corrected chi connectivity index (χ0v) is 18.7. The summed E-state index contributed by atoms with van der Waals surface area (Å²) in [5, 5.41) is -0.508. The van der Waals surface area contributed by atoms with Gasteiger partial charge >= 0.3 is 0 Å². The molecule has 0 saturated carbocycles. The summed E-state index contributed by atoms with van der Waals surface area (Å²) < 4.78 is 30.1. The maximum atomic E-state index is 12.2. The molecule has 1 rings (SSSR count). The van der Waals surface area contributed by atoms with Crippen LogP contribution >= 0.6 is 11.6 Å². The molecule has 28 heavy (non-hydrogen) atoms. The summed E-state index contributed by atoms with van der Waals surface area (Å²) in [4.78, 5) is 11.0. The predicted octanol–water partition coefficient (Wildman–Crippen LogP) is 6.31. The zero-order valence-electron chi connectivity index (χ0n) is 17.1. The van der Waals surface area contributed by atoms with Gasteiger partial charge in [0.2, 0.25) is 5.24 Å². The smallest absolute Gasteiger partial charge is 0.221 e. The van der Waals surface area contributed by atoms with Crippen LogP contribution in [0.5, 0.6) is 5.75 Å². The molecule has 0 spiro atoms. The molecule has 0 atom stereocenters. The van der Waals surface area contributed by atoms with Crippen molar-refractivity contribution in [2.24, 2.45) is 0 Å². The number of ether oxygens (including phenoxy) is 1. The minimum Gasteiger partial charge on any atom is -0.494 e. The highest BCUT2D eigenvalue weighted by atomic mass is 35.5. The first-order valence-electron chi connectivity index (χ1n) is 10.6. The van der Waals surface area contributed by atoms with Crippen molar-refractivity contribution in [1.29, 1.82) is 0 Å². The number of halogens is 1. The van der Waals surface area contributed by atoms with E-state index in [-0.39, 0.29) is 23.5 Å². The standard InChI is InChI=1S/C22H35ClO4S/c1-2-3-4-5-6-7-8-9-10-11-18-27-20-14-16-21(17-15-20)28(25,26)19-12-13-22(23)24/h14-17H,2-13,18-19H2,1H3. The number of benzene rings is 1. The molecule has 160 valence electrons. The van der Waals surface area contributed by atoms with Gasteiger partial charge in [0.05, 0.1) is 17.3 Å². The number of carbonyl (C=O) groups is 1. The van der Waals surface area contributed by atoms with Crippen LogP contribution in [0.4, 0.5) is 0 Å². The minimum absolute atomic E-state index is 0.0703. The van der Waals surface area contributed by atoms with E-state index in [2.05, 4.69) is 6.92 Å². The van der Waals surface area contributed by atoms with Gasteiger partial charge in [-0.25, -0.2) is 8.42 Å². The highest BCUT2D eigenvalue weighted by Gasteiger charge is 2.14. The Morgan fingerprint density at radius 3 is 1.93 bits per heavy atom. The van der Waals surface area contributed by atoms with Gasteiger partial charge in [-0.05, 0) is 48.7 Å². The average molecular weight is 431 g/mol. The average Bonchev–Trinajstić information content (AvgIpc) is 2.66. The number of unbranched alkanes of at least 4 members (excludes halogenated alkanes) is 9. The molecule has 1 aromatic rings. The third-order valence-electron chi connectivity index (χ3n) is 4.74. The molecule has 0 heterocycles. The molecule has 0 fully saturated rings. The third-order valence-corrected chi connectivity index (χ3v) is 6.74. The second kappa shape index (κ2) is 14.9. The molecular formula is C22H35ClO4S. The van der Waals surface area contributed by atoms with Crippen LogP contribution in [-0.4, -0.2) is 26.0 Å². The van der Waals surface area contributed by atoms with Crippen LogP contribution in [-0.2, 0) is 14.6 Å². The highest BCUT2D eigenvalue weighted by molar-refractivity contribution is 7.91.